The second-order valence-corrected chi connectivity index (χ2v) is 6.97. The third-order valence-corrected chi connectivity index (χ3v) is 2.81. The molecule has 1 aromatic rings. The van der Waals surface area contributed by atoms with Gasteiger partial charge < -0.3 is 15.4 Å². The predicted octanol–water partition coefficient (Wildman–Crippen LogP) is 3.50. The van der Waals surface area contributed by atoms with E-state index in [1.165, 1.54) is 0 Å². The van der Waals surface area contributed by atoms with Crippen LogP contribution in [0.1, 0.15) is 40.2 Å². The summed E-state index contributed by atoms with van der Waals surface area (Å²) in [6.07, 6.45) is -0.566. The summed E-state index contributed by atoms with van der Waals surface area (Å²) in [6, 6.07) is 1.32. The molecule has 0 bridgehead atoms. The average Bonchev–Trinajstić information content (AvgIpc) is 2.32. The van der Waals surface area contributed by atoms with Gasteiger partial charge in [0, 0.05) is 24.7 Å². The fourth-order valence-corrected chi connectivity index (χ4v) is 1.83. The molecule has 7 heteroatoms. The Morgan fingerprint density at radius 1 is 1.04 bits per heavy atom. The molecule has 1 amide bonds. The number of rotatable bonds is 5. The molecule has 0 atom stereocenters. The third kappa shape index (κ3) is 6.90. The van der Waals surface area contributed by atoms with Gasteiger partial charge in [-0.15, -0.1) is 0 Å². The van der Waals surface area contributed by atoms with E-state index in [0.29, 0.717) is 6.07 Å². The summed E-state index contributed by atoms with van der Waals surface area (Å²) in [5.41, 5.74) is -1.27. The Labute approximate surface area is 134 Å². The number of benzene rings is 1. The number of alkyl carbamates (subject to hydrolysis) is 1. The van der Waals surface area contributed by atoms with Gasteiger partial charge in [0.2, 0.25) is 0 Å². The van der Waals surface area contributed by atoms with Gasteiger partial charge in [-0.3, -0.25) is 0 Å². The zero-order valence-corrected chi connectivity index (χ0v) is 14.0. The summed E-state index contributed by atoms with van der Waals surface area (Å²) in [6.45, 7) is 9.06. The lowest BCUT2D eigenvalue weighted by molar-refractivity contribution is 0.0472. The first-order valence-corrected chi connectivity index (χ1v) is 7.25. The highest BCUT2D eigenvalue weighted by Crippen LogP contribution is 2.14. The number of amides is 1. The van der Waals surface area contributed by atoms with E-state index in [9.17, 15) is 18.0 Å². The van der Waals surface area contributed by atoms with Crippen LogP contribution < -0.4 is 10.6 Å². The highest BCUT2D eigenvalue weighted by atomic mass is 19.2. The molecule has 0 fully saturated rings. The molecule has 1 aromatic carbocycles. The highest BCUT2D eigenvalue weighted by molar-refractivity contribution is 5.68. The van der Waals surface area contributed by atoms with Crippen molar-refractivity contribution in [3.05, 3.63) is 35.1 Å². The molecule has 0 heterocycles. The van der Waals surface area contributed by atoms with Crippen LogP contribution in [0.4, 0.5) is 18.0 Å². The molecule has 0 saturated carbocycles. The van der Waals surface area contributed by atoms with Gasteiger partial charge in [0.25, 0.3) is 0 Å². The molecule has 130 valence electrons. The SMILES string of the molecule is CC(C)(CNCc1cc(F)c(F)cc1F)NC(=O)OC(C)(C)C. The van der Waals surface area contributed by atoms with Crippen LogP contribution in [-0.2, 0) is 11.3 Å². The van der Waals surface area contributed by atoms with Crippen molar-refractivity contribution in [1.82, 2.24) is 10.6 Å². The molecular formula is C16H23F3N2O2. The van der Waals surface area contributed by atoms with Crippen LogP contribution >= 0.6 is 0 Å². The van der Waals surface area contributed by atoms with Crippen LogP contribution in [0.3, 0.4) is 0 Å². The quantitative estimate of drug-likeness (QED) is 0.812. The lowest BCUT2D eigenvalue weighted by atomic mass is 10.1. The van der Waals surface area contributed by atoms with Gasteiger partial charge in [-0.25, -0.2) is 18.0 Å². The first-order valence-electron chi connectivity index (χ1n) is 7.25. The largest absolute Gasteiger partial charge is 0.444 e. The number of carbonyl (C=O) groups excluding carboxylic acids is 1. The minimum atomic E-state index is -1.22. The van der Waals surface area contributed by atoms with Crippen molar-refractivity contribution in [2.75, 3.05) is 6.54 Å². The van der Waals surface area contributed by atoms with E-state index in [2.05, 4.69) is 10.6 Å². The molecule has 4 nitrogen and oxygen atoms in total. The summed E-state index contributed by atoms with van der Waals surface area (Å²) in [5.74, 6) is -3.15. The van der Waals surface area contributed by atoms with E-state index < -0.39 is 34.7 Å². The molecule has 1 rings (SSSR count). The summed E-state index contributed by atoms with van der Waals surface area (Å²) < 4.78 is 44.6. The lowest BCUT2D eigenvalue weighted by Crippen LogP contribution is -2.51. The maximum absolute atomic E-state index is 13.5. The van der Waals surface area contributed by atoms with Crippen LogP contribution in [0.25, 0.3) is 0 Å². The van der Waals surface area contributed by atoms with Crippen molar-refractivity contribution >= 4 is 6.09 Å². The van der Waals surface area contributed by atoms with Crippen molar-refractivity contribution in [3.8, 4) is 0 Å². The fourth-order valence-electron chi connectivity index (χ4n) is 1.83. The summed E-state index contributed by atoms with van der Waals surface area (Å²) in [7, 11) is 0. The summed E-state index contributed by atoms with van der Waals surface area (Å²) in [5, 5.41) is 5.58. The number of ether oxygens (including phenoxy) is 1. The van der Waals surface area contributed by atoms with Gasteiger partial charge in [0.05, 0.1) is 5.54 Å². The van der Waals surface area contributed by atoms with E-state index >= 15 is 0 Å². The van der Waals surface area contributed by atoms with Crippen LogP contribution in [0.5, 0.6) is 0 Å². The Morgan fingerprint density at radius 3 is 2.17 bits per heavy atom. The molecular weight excluding hydrogens is 309 g/mol. The zero-order valence-electron chi connectivity index (χ0n) is 14.0. The van der Waals surface area contributed by atoms with Gasteiger partial charge in [-0.2, -0.15) is 0 Å². The Kier molecular flexibility index (Phi) is 6.04. The number of halogens is 3. The smallest absolute Gasteiger partial charge is 0.408 e. The van der Waals surface area contributed by atoms with Gasteiger partial charge in [-0.1, -0.05) is 0 Å². The van der Waals surface area contributed by atoms with Gasteiger partial charge >= 0.3 is 6.09 Å². The number of hydrogen-bond donors (Lipinski definition) is 2. The molecule has 0 aliphatic heterocycles. The summed E-state index contributed by atoms with van der Waals surface area (Å²) in [4.78, 5) is 11.7. The molecule has 0 radical (unpaired) electrons. The number of hydrogen-bond acceptors (Lipinski definition) is 3. The van der Waals surface area contributed by atoms with E-state index in [1.807, 2.05) is 0 Å². The molecule has 0 saturated heterocycles. The Morgan fingerprint density at radius 2 is 1.61 bits per heavy atom. The standard InChI is InChI=1S/C16H23F3N2O2/c1-15(2,3)23-14(22)21-16(4,5)9-20-8-10-6-12(18)13(19)7-11(10)17/h6-7,20H,8-9H2,1-5H3,(H,21,22). The second-order valence-electron chi connectivity index (χ2n) is 6.97. The normalized spacial score (nSPS) is 12.2. The molecule has 0 aliphatic rings. The van der Waals surface area contributed by atoms with Gasteiger partial charge in [-0.05, 0) is 40.7 Å². The van der Waals surface area contributed by atoms with Gasteiger partial charge in [0.1, 0.15) is 11.4 Å². The minimum Gasteiger partial charge on any atom is -0.444 e. The first-order chi connectivity index (χ1) is 10.4. The van der Waals surface area contributed by atoms with E-state index in [-0.39, 0.29) is 18.7 Å². The molecule has 0 aromatic heterocycles. The number of nitrogens with one attached hydrogen (secondary N) is 2. The van der Waals surface area contributed by atoms with Crippen LogP contribution in [-0.4, -0.2) is 23.8 Å². The van der Waals surface area contributed by atoms with Crippen molar-refractivity contribution < 1.29 is 22.7 Å². The Bertz CT molecular complexity index is 569. The minimum absolute atomic E-state index is 0.00244. The average molecular weight is 332 g/mol. The third-order valence-electron chi connectivity index (χ3n) is 2.81. The molecule has 0 unspecified atom stereocenters. The van der Waals surface area contributed by atoms with Crippen LogP contribution in [0, 0.1) is 17.5 Å². The summed E-state index contributed by atoms with van der Waals surface area (Å²) >= 11 is 0. The molecule has 23 heavy (non-hydrogen) atoms. The van der Waals surface area contributed by atoms with E-state index in [0.717, 1.165) is 6.07 Å². The van der Waals surface area contributed by atoms with Crippen molar-refractivity contribution in [2.24, 2.45) is 0 Å². The topological polar surface area (TPSA) is 50.4 Å². The Hall–Kier alpha value is -1.76. The van der Waals surface area contributed by atoms with Gasteiger partial charge in [0.15, 0.2) is 11.6 Å². The molecule has 2 N–H and O–H groups in total. The molecule has 0 spiro atoms. The molecule has 0 aliphatic carbocycles. The van der Waals surface area contributed by atoms with Crippen molar-refractivity contribution in [2.45, 2.75) is 52.3 Å². The van der Waals surface area contributed by atoms with Crippen molar-refractivity contribution in [1.29, 1.82) is 0 Å². The second kappa shape index (κ2) is 7.21. The maximum Gasteiger partial charge on any atom is 0.408 e. The van der Waals surface area contributed by atoms with E-state index in [4.69, 9.17) is 4.74 Å². The first kappa shape index (κ1) is 19.3. The highest BCUT2D eigenvalue weighted by Gasteiger charge is 2.24. The monoisotopic (exact) mass is 332 g/mol. The number of carbonyl (C=O) groups is 1. The predicted molar refractivity (Wildman–Crippen MR) is 81.5 cm³/mol. The maximum atomic E-state index is 13.5. The van der Waals surface area contributed by atoms with Crippen LogP contribution in [0.2, 0.25) is 0 Å². The lowest BCUT2D eigenvalue weighted by Gasteiger charge is -2.29. The van der Waals surface area contributed by atoms with Crippen molar-refractivity contribution in [3.63, 3.8) is 0 Å². The van der Waals surface area contributed by atoms with Crippen LogP contribution in [0.15, 0.2) is 12.1 Å². The van der Waals surface area contributed by atoms with E-state index in [1.54, 1.807) is 34.6 Å². The fraction of sp³-hybridized carbons (Fsp3) is 0.562. The Balaban J connectivity index is 2.54. The zero-order chi connectivity index (χ0) is 17.8.